The highest BCUT2D eigenvalue weighted by Crippen LogP contribution is 2.34. The van der Waals surface area contributed by atoms with Crippen molar-refractivity contribution < 1.29 is 33.8 Å². The number of ether oxygens (including phenoxy) is 2. The summed E-state index contributed by atoms with van der Waals surface area (Å²) in [5, 5.41) is 9.84. The first-order chi connectivity index (χ1) is 14.1. The third-order valence-electron chi connectivity index (χ3n) is 4.45. The predicted molar refractivity (Wildman–Crippen MR) is 106 cm³/mol. The lowest BCUT2D eigenvalue weighted by molar-refractivity contribution is -0.143. The van der Waals surface area contributed by atoms with Crippen LogP contribution in [0, 0.1) is 0 Å². The summed E-state index contributed by atoms with van der Waals surface area (Å²) in [6.07, 6.45) is 0. The number of aliphatic hydroxyl groups is 1. The molecule has 0 radical (unpaired) electrons. The Balaban J connectivity index is 1.84. The van der Waals surface area contributed by atoms with Crippen LogP contribution in [0.2, 0.25) is 0 Å². The van der Waals surface area contributed by atoms with Crippen molar-refractivity contribution in [3.63, 3.8) is 0 Å². The topological polar surface area (TPSA) is 110 Å². The molecule has 1 aliphatic rings. The van der Waals surface area contributed by atoms with Crippen molar-refractivity contribution in [2.24, 2.45) is 0 Å². The van der Waals surface area contributed by atoms with Gasteiger partial charge < -0.3 is 14.6 Å². The molecule has 2 amide bonds. The van der Waals surface area contributed by atoms with Crippen LogP contribution in [0.3, 0.4) is 0 Å². The zero-order valence-electron chi connectivity index (χ0n) is 16.8. The van der Waals surface area contributed by atoms with Crippen LogP contribution in [-0.4, -0.2) is 52.3 Å². The van der Waals surface area contributed by atoms with Gasteiger partial charge in [0.1, 0.15) is 23.6 Å². The molecule has 1 N–H and O–H groups in total. The Morgan fingerprint density at radius 2 is 1.70 bits per heavy atom. The molecule has 2 aromatic rings. The summed E-state index contributed by atoms with van der Waals surface area (Å²) in [4.78, 5) is 50.0. The van der Waals surface area contributed by atoms with Crippen LogP contribution in [0.15, 0.2) is 42.5 Å². The summed E-state index contributed by atoms with van der Waals surface area (Å²) in [6, 6.07) is 10.6. The zero-order valence-corrected chi connectivity index (χ0v) is 16.8. The molecule has 1 heterocycles. The molecule has 0 aliphatic carbocycles. The van der Waals surface area contributed by atoms with Crippen molar-refractivity contribution >= 4 is 23.6 Å². The zero-order chi connectivity index (χ0) is 22.1. The highest BCUT2D eigenvalue weighted by molar-refractivity contribution is 6.23. The fourth-order valence-corrected chi connectivity index (χ4v) is 3.02. The van der Waals surface area contributed by atoms with E-state index in [2.05, 4.69) is 0 Å². The summed E-state index contributed by atoms with van der Waals surface area (Å²) < 4.78 is 10.6. The van der Waals surface area contributed by atoms with Crippen LogP contribution in [-0.2, 0) is 9.53 Å². The van der Waals surface area contributed by atoms with Gasteiger partial charge in [-0.05, 0) is 57.2 Å². The number of benzene rings is 2. The Kier molecular flexibility index (Phi) is 5.71. The second-order valence-electron chi connectivity index (χ2n) is 7.19. The van der Waals surface area contributed by atoms with Gasteiger partial charge in [0.25, 0.3) is 11.8 Å². The van der Waals surface area contributed by atoms with Crippen LogP contribution >= 0.6 is 0 Å². The molecular formula is C22H21NO7. The molecule has 0 bridgehead atoms. The van der Waals surface area contributed by atoms with E-state index in [4.69, 9.17) is 9.47 Å². The Morgan fingerprint density at radius 3 is 2.30 bits per heavy atom. The average Bonchev–Trinajstić information content (AvgIpc) is 2.93. The number of nitrogens with zero attached hydrogens (tertiary/aromatic N) is 1. The number of carbonyl (C=O) groups excluding carboxylic acids is 4. The molecule has 0 spiro atoms. The molecule has 8 heteroatoms. The maximum atomic E-state index is 12.8. The van der Waals surface area contributed by atoms with E-state index in [1.54, 1.807) is 13.0 Å². The Labute approximate surface area is 173 Å². The molecule has 0 unspecified atom stereocenters. The van der Waals surface area contributed by atoms with Gasteiger partial charge in [0.2, 0.25) is 0 Å². The Bertz CT molecular complexity index is 1020. The second-order valence-corrected chi connectivity index (χ2v) is 7.19. The van der Waals surface area contributed by atoms with E-state index in [1.807, 2.05) is 0 Å². The summed E-state index contributed by atoms with van der Waals surface area (Å²) in [7, 11) is 0. The number of amides is 2. The number of hydrogen-bond acceptors (Lipinski definition) is 7. The molecule has 0 fully saturated rings. The molecule has 0 saturated carbocycles. The molecule has 8 nitrogen and oxygen atoms in total. The monoisotopic (exact) mass is 411 g/mol. The van der Waals surface area contributed by atoms with Crippen molar-refractivity contribution in [2.45, 2.75) is 26.4 Å². The van der Waals surface area contributed by atoms with Gasteiger partial charge in [-0.3, -0.25) is 24.1 Å². The Morgan fingerprint density at radius 1 is 1.03 bits per heavy atom. The van der Waals surface area contributed by atoms with Crippen LogP contribution in [0.4, 0.5) is 0 Å². The molecule has 30 heavy (non-hydrogen) atoms. The number of fused-ring (bicyclic) bond motifs is 1. The van der Waals surface area contributed by atoms with Crippen molar-refractivity contribution in [3.8, 4) is 11.5 Å². The molecule has 2 aromatic carbocycles. The number of esters is 1. The highest BCUT2D eigenvalue weighted by Gasteiger charge is 2.39. The van der Waals surface area contributed by atoms with Gasteiger partial charge in [0, 0.05) is 5.56 Å². The van der Waals surface area contributed by atoms with Crippen LogP contribution in [0.5, 0.6) is 11.5 Å². The van der Waals surface area contributed by atoms with E-state index in [0.717, 1.165) is 4.90 Å². The van der Waals surface area contributed by atoms with E-state index in [0.29, 0.717) is 11.3 Å². The molecule has 156 valence electrons. The highest BCUT2D eigenvalue weighted by atomic mass is 16.5. The van der Waals surface area contributed by atoms with E-state index in [-0.39, 0.29) is 23.5 Å². The molecule has 0 atom stereocenters. The first-order valence-corrected chi connectivity index (χ1v) is 9.33. The van der Waals surface area contributed by atoms with Gasteiger partial charge in [-0.15, -0.1) is 0 Å². The van der Waals surface area contributed by atoms with E-state index in [9.17, 15) is 24.3 Å². The minimum atomic E-state index is -1.50. The SMILES string of the molecule is CCOC(=O)CN1C(=O)c2cccc(Oc3ccc(C(=O)C(C)(C)O)cc3)c2C1=O. The van der Waals surface area contributed by atoms with Crippen LogP contribution in [0.1, 0.15) is 51.8 Å². The largest absolute Gasteiger partial charge is 0.465 e. The number of carbonyl (C=O) groups is 4. The lowest BCUT2D eigenvalue weighted by atomic mass is 9.97. The molecule has 1 aliphatic heterocycles. The smallest absolute Gasteiger partial charge is 0.326 e. The van der Waals surface area contributed by atoms with Gasteiger partial charge in [-0.1, -0.05) is 6.07 Å². The maximum Gasteiger partial charge on any atom is 0.326 e. The number of rotatable bonds is 7. The maximum absolute atomic E-state index is 12.8. The predicted octanol–water partition coefficient (Wildman–Crippen LogP) is 2.59. The third kappa shape index (κ3) is 4.08. The van der Waals surface area contributed by atoms with Gasteiger partial charge in [0.15, 0.2) is 5.78 Å². The average molecular weight is 411 g/mol. The summed E-state index contributed by atoms with van der Waals surface area (Å²) >= 11 is 0. The van der Waals surface area contributed by atoms with Gasteiger partial charge in [-0.25, -0.2) is 0 Å². The van der Waals surface area contributed by atoms with Gasteiger partial charge >= 0.3 is 5.97 Å². The van der Waals surface area contributed by atoms with Crippen molar-refractivity contribution in [1.29, 1.82) is 0 Å². The molecule has 3 rings (SSSR count). The lowest BCUT2D eigenvalue weighted by Crippen LogP contribution is -2.35. The third-order valence-corrected chi connectivity index (χ3v) is 4.45. The summed E-state index contributed by atoms with van der Waals surface area (Å²) in [6.45, 7) is 4.09. The fourth-order valence-electron chi connectivity index (χ4n) is 3.02. The minimum Gasteiger partial charge on any atom is -0.465 e. The Hall–Kier alpha value is -3.52. The number of hydrogen-bond donors (Lipinski definition) is 1. The van der Waals surface area contributed by atoms with Gasteiger partial charge in [0.05, 0.1) is 17.7 Å². The number of Topliss-reactive ketones (excluding diaryl/α,β-unsaturated/α-hetero) is 1. The lowest BCUT2D eigenvalue weighted by Gasteiger charge is -2.16. The second kappa shape index (κ2) is 8.08. The summed E-state index contributed by atoms with van der Waals surface area (Å²) in [5.41, 5.74) is -1.00. The van der Waals surface area contributed by atoms with Crippen LogP contribution < -0.4 is 4.74 Å². The standard InChI is InChI=1S/C22H21NO7/c1-4-29-17(24)12-23-20(26)15-6-5-7-16(18(15)21(23)27)30-14-10-8-13(9-11-14)19(25)22(2,3)28/h5-11,28H,4,12H2,1-3H3. The van der Waals surface area contributed by atoms with E-state index >= 15 is 0 Å². The first kappa shape index (κ1) is 21.2. The van der Waals surface area contributed by atoms with Gasteiger partial charge in [-0.2, -0.15) is 0 Å². The normalized spacial score (nSPS) is 13.3. The van der Waals surface area contributed by atoms with Crippen molar-refractivity contribution in [3.05, 3.63) is 59.2 Å². The van der Waals surface area contributed by atoms with Crippen LogP contribution in [0.25, 0.3) is 0 Å². The quantitative estimate of drug-likeness (QED) is 0.424. The molecular weight excluding hydrogens is 390 g/mol. The van der Waals surface area contributed by atoms with E-state index < -0.39 is 35.7 Å². The summed E-state index contributed by atoms with van der Waals surface area (Å²) in [5.74, 6) is -1.88. The van der Waals surface area contributed by atoms with Crippen molar-refractivity contribution in [2.75, 3.05) is 13.2 Å². The van der Waals surface area contributed by atoms with E-state index in [1.165, 1.54) is 50.2 Å². The number of imide groups is 1. The van der Waals surface area contributed by atoms with Crippen molar-refractivity contribution in [1.82, 2.24) is 4.90 Å². The molecule has 0 saturated heterocycles. The number of ketones is 1. The molecule has 0 aromatic heterocycles. The minimum absolute atomic E-state index is 0.0587. The first-order valence-electron chi connectivity index (χ1n) is 9.33. The fraction of sp³-hybridized carbons (Fsp3) is 0.273.